The molecule has 0 unspecified atom stereocenters. The number of hydrogen-bond acceptors (Lipinski definition) is 3. The molecule has 1 amide bonds. The lowest BCUT2D eigenvalue weighted by molar-refractivity contribution is -0.0755. The van der Waals surface area contributed by atoms with Gasteiger partial charge in [0.2, 0.25) is 0 Å². The van der Waals surface area contributed by atoms with Crippen LogP contribution in [0.5, 0.6) is 0 Å². The molecule has 0 bridgehead atoms. The van der Waals surface area contributed by atoms with E-state index < -0.39 is 0 Å². The minimum Gasteiger partial charge on any atom is -0.345 e. The maximum absolute atomic E-state index is 12.0. The molecule has 6 heteroatoms. The summed E-state index contributed by atoms with van der Waals surface area (Å²) in [5.74, 6) is -0.235. The molecule has 0 saturated heterocycles. The van der Waals surface area contributed by atoms with Gasteiger partial charge in [-0.1, -0.05) is 15.9 Å². The van der Waals surface area contributed by atoms with Gasteiger partial charge in [0, 0.05) is 11.5 Å². The van der Waals surface area contributed by atoms with Crippen molar-refractivity contribution in [2.75, 3.05) is 14.2 Å². The van der Waals surface area contributed by atoms with Gasteiger partial charge < -0.3 is 4.98 Å². The van der Waals surface area contributed by atoms with Gasteiger partial charge in [0.25, 0.3) is 5.91 Å². The zero-order chi connectivity index (χ0) is 11.7. The molecular weight excluding hydrogens is 274 g/mol. The summed E-state index contributed by atoms with van der Waals surface area (Å²) < 4.78 is 0.817. The van der Waals surface area contributed by atoms with Crippen LogP contribution in [0.1, 0.15) is 10.4 Å². The van der Waals surface area contributed by atoms with Crippen LogP contribution >= 0.6 is 15.9 Å². The minimum atomic E-state index is -0.235. The van der Waals surface area contributed by atoms with Crippen molar-refractivity contribution < 1.29 is 9.63 Å². The van der Waals surface area contributed by atoms with Gasteiger partial charge in [-0.25, -0.2) is 10.0 Å². The van der Waals surface area contributed by atoms with E-state index in [4.69, 9.17) is 4.84 Å². The van der Waals surface area contributed by atoms with Crippen molar-refractivity contribution in [1.29, 1.82) is 0 Å². The van der Waals surface area contributed by atoms with Crippen molar-refractivity contribution in [3.05, 3.63) is 28.5 Å². The SMILES string of the molecule is CON(C)C(=O)c1cc(Br)cc2[nH]cnc12. The first-order chi connectivity index (χ1) is 7.63. The highest BCUT2D eigenvalue weighted by atomic mass is 79.9. The number of carbonyl (C=O) groups is 1. The highest BCUT2D eigenvalue weighted by molar-refractivity contribution is 9.10. The highest BCUT2D eigenvalue weighted by Gasteiger charge is 2.17. The van der Waals surface area contributed by atoms with Gasteiger partial charge in [-0.15, -0.1) is 0 Å². The lowest BCUT2D eigenvalue weighted by Gasteiger charge is -2.13. The topological polar surface area (TPSA) is 58.2 Å². The molecule has 0 aliphatic carbocycles. The molecule has 5 nitrogen and oxygen atoms in total. The molecule has 84 valence electrons. The average Bonchev–Trinajstić information content (AvgIpc) is 2.73. The smallest absolute Gasteiger partial charge is 0.279 e. The normalized spacial score (nSPS) is 10.7. The number of hydrogen-bond donors (Lipinski definition) is 1. The van der Waals surface area contributed by atoms with Crippen LogP contribution in [0.4, 0.5) is 0 Å². The van der Waals surface area contributed by atoms with Crippen molar-refractivity contribution in [2.24, 2.45) is 0 Å². The molecule has 0 saturated carbocycles. The number of aromatic amines is 1. The van der Waals surface area contributed by atoms with Crippen molar-refractivity contribution >= 4 is 32.9 Å². The number of H-pyrrole nitrogens is 1. The summed E-state index contributed by atoms with van der Waals surface area (Å²) in [5.41, 5.74) is 1.94. The van der Waals surface area contributed by atoms with E-state index in [9.17, 15) is 4.79 Å². The molecule has 0 atom stereocenters. The number of amides is 1. The molecule has 1 aromatic carbocycles. The quantitative estimate of drug-likeness (QED) is 0.858. The predicted octanol–water partition coefficient (Wildman–Crippen LogP) is 1.96. The van der Waals surface area contributed by atoms with Crippen LogP contribution in [0.3, 0.4) is 0 Å². The molecule has 0 aliphatic heterocycles. The number of halogens is 1. The molecular formula is C10H10BrN3O2. The third-order valence-corrected chi connectivity index (χ3v) is 2.74. The zero-order valence-electron chi connectivity index (χ0n) is 8.82. The monoisotopic (exact) mass is 283 g/mol. The number of aromatic nitrogens is 2. The highest BCUT2D eigenvalue weighted by Crippen LogP contribution is 2.22. The molecule has 16 heavy (non-hydrogen) atoms. The van der Waals surface area contributed by atoms with Crippen LogP contribution < -0.4 is 0 Å². The number of benzene rings is 1. The van der Waals surface area contributed by atoms with Crippen LogP contribution in [-0.2, 0) is 4.84 Å². The van der Waals surface area contributed by atoms with Gasteiger partial charge >= 0.3 is 0 Å². The van der Waals surface area contributed by atoms with E-state index in [0.29, 0.717) is 11.1 Å². The first-order valence-corrected chi connectivity index (χ1v) is 5.37. The van der Waals surface area contributed by atoms with Crippen molar-refractivity contribution in [3.8, 4) is 0 Å². The standard InChI is InChI=1S/C10H10BrN3O2/c1-14(16-2)10(15)7-3-6(11)4-8-9(7)13-5-12-8/h3-5H,1-2H3,(H,12,13). The van der Waals surface area contributed by atoms with E-state index in [1.807, 2.05) is 6.07 Å². The molecule has 1 N–H and O–H groups in total. The predicted molar refractivity (Wildman–Crippen MR) is 62.9 cm³/mol. The van der Waals surface area contributed by atoms with Gasteiger partial charge in [0.1, 0.15) is 5.52 Å². The summed E-state index contributed by atoms with van der Waals surface area (Å²) in [6.45, 7) is 0. The van der Waals surface area contributed by atoms with Crippen LogP contribution in [0.15, 0.2) is 22.9 Å². The van der Waals surface area contributed by atoms with Gasteiger partial charge in [-0.2, -0.15) is 0 Å². The summed E-state index contributed by atoms with van der Waals surface area (Å²) in [6.07, 6.45) is 1.56. The second-order valence-corrected chi connectivity index (χ2v) is 4.15. The Bertz CT molecular complexity index is 538. The minimum absolute atomic E-state index is 0.235. The molecule has 0 aliphatic rings. The second-order valence-electron chi connectivity index (χ2n) is 3.24. The largest absolute Gasteiger partial charge is 0.345 e. The van der Waals surface area contributed by atoms with E-state index in [0.717, 1.165) is 15.1 Å². The van der Waals surface area contributed by atoms with Gasteiger partial charge in [0.15, 0.2) is 0 Å². The molecule has 1 aromatic heterocycles. The Morgan fingerprint density at radius 3 is 3.00 bits per heavy atom. The molecule has 2 aromatic rings. The van der Waals surface area contributed by atoms with E-state index >= 15 is 0 Å². The maximum atomic E-state index is 12.0. The summed E-state index contributed by atoms with van der Waals surface area (Å²) >= 11 is 3.35. The number of rotatable bonds is 2. The van der Waals surface area contributed by atoms with Crippen molar-refractivity contribution in [1.82, 2.24) is 15.0 Å². The van der Waals surface area contributed by atoms with E-state index in [1.54, 1.807) is 19.4 Å². The van der Waals surface area contributed by atoms with Crippen molar-refractivity contribution in [2.45, 2.75) is 0 Å². The lowest BCUT2D eigenvalue weighted by atomic mass is 10.1. The van der Waals surface area contributed by atoms with Crippen LogP contribution in [-0.4, -0.2) is 35.1 Å². The van der Waals surface area contributed by atoms with Gasteiger partial charge in [-0.3, -0.25) is 9.63 Å². The summed E-state index contributed by atoms with van der Waals surface area (Å²) in [7, 11) is 3.00. The first kappa shape index (κ1) is 11.1. The fraction of sp³-hybridized carbons (Fsp3) is 0.200. The summed E-state index contributed by atoms with van der Waals surface area (Å²) in [4.78, 5) is 23.9. The number of fused-ring (bicyclic) bond motifs is 1. The van der Waals surface area contributed by atoms with Crippen LogP contribution in [0, 0.1) is 0 Å². The fourth-order valence-corrected chi connectivity index (χ4v) is 1.89. The number of imidazole rings is 1. The molecule has 2 rings (SSSR count). The summed E-state index contributed by atoms with van der Waals surface area (Å²) in [6, 6.07) is 3.59. The van der Waals surface area contributed by atoms with Crippen molar-refractivity contribution in [3.63, 3.8) is 0 Å². The molecule has 0 spiro atoms. The third-order valence-electron chi connectivity index (χ3n) is 2.28. The van der Waals surface area contributed by atoms with E-state index in [2.05, 4.69) is 25.9 Å². The Morgan fingerprint density at radius 2 is 2.31 bits per heavy atom. The molecule has 0 fully saturated rings. The fourth-order valence-electron chi connectivity index (χ4n) is 1.43. The third kappa shape index (κ3) is 1.81. The molecule has 1 heterocycles. The Kier molecular flexibility index (Phi) is 2.93. The van der Waals surface area contributed by atoms with E-state index in [1.165, 1.54) is 7.11 Å². The number of hydroxylamine groups is 2. The number of carbonyl (C=O) groups excluding carboxylic acids is 1. The molecule has 0 radical (unpaired) electrons. The average molecular weight is 284 g/mol. The Labute approximate surface area is 100 Å². The number of nitrogens with zero attached hydrogens (tertiary/aromatic N) is 2. The zero-order valence-corrected chi connectivity index (χ0v) is 10.4. The lowest BCUT2D eigenvalue weighted by Crippen LogP contribution is -2.25. The van der Waals surface area contributed by atoms with Gasteiger partial charge in [0.05, 0.1) is 24.5 Å². The first-order valence-electron chi connectivity index (χ1n) is 4.58. The van der Waals surface area contributed by atoms with Crippen LogP contribution in [0.2, 0.25) is 0 Å². The Morgan fingerprint density at radius 1 is 1.56 bits per heavy atom. The number of nitrogens with one attached hydrogen (secondary N) is 1. The van der Waals surface area contributed by atoms with Gasteiger partial charge in [-0.05, 0) is 12.1 Å². The van der Waals surface area contributed by atoms with Crippen LogP contribution in [0.25, 0.3) is 11.0 Å². The second kappa shape index (κ2) is 4.23. The van der Waals surface area contributed by atoms with E-state index in [-0.39, 0.29) is 5.91 Å². The maximum Gasteiger partial charge on any atom is 0.279 e. The summed E-state index contributed by atoms with van der Waals surface area (Å²) in [5, 5.41) is 1.16. The Hall–Kier alpha value is -1.40. The Balaban J connectivity index is 2.58.